The molecule has 1 unspecified atom stereocenters. The van der Waals surface area contributed by atoms with Gasteiger partial charge in [0.05, 0.1) is 0 Å². The summed E-state index contributed by atoms with van der Waals surface area (Å²) in [5.74, 6) is 1.46. The number of hydrogen-bond donors (Lipinski definition) is 1. The molecule has 14 heavy (non-hydrogen) atoms. The van der Waals surface area contributed by atoms with E-state index in [0.717, 1.165) is 13.0 Å². The van der Waals surface area contributed by atoms with Gasteiger partial charge in [0.2, 0.25) is 5.91 Å². The summed E-state index contributed by atoms with van der Waals surface area (Å²) in [7, 11) is 0. The van der Waals surface area contributed by atoms with Crippen molar-refractivity contribution in [2.75, 3.05) is 6.54 Å². The average molecular weight is 262 g/mol. The predicted molar refractivity (Wildman–Crippen MR) is 62.5 cm³/mol. The highest BCUT2D eigenvalue weighted by atomic mass is 79.9. The van der Waals surface area contributed by atoms with Crippen LogP contribution in [-0.2, 0) is 4.79 Å². The van der Waals surface area contributed by atoms with Crippen molar-refractivity contribution in [2.45, 2.75) is 44.4 Å². The Morgan fingerprint density at radius 3 is 2.57 bits per heavy atom. The third-order valence-electron chi connectivity index (χ3n) is 2.92. The fraction of sp³-hybridized carbons (Fsp3) is 0.909. The first kappa shape index (κ1) is 12.0. The Labute approximate surface area is 95.0 Å². The van der Waals surface area contributed by atoms with Crippen LogP contribution in [0.2, 0.25) is 0 Å². The van der Waals surface area contributed by atoms with Crippen molar-refractivity contribution in [1.29, 1.82) is 0 Å². The molecule has 0 aromatic heterocycles. The van der Waals surface area contributed by atoms with Crippen LogP contribution in [0, 0.1) is 11.8 Å². The van der Waals surface area contributed by atoms with Crippen LogP contribution >= 0.6 is 15.9 Å². The SMILES string of the molecule is CC(C)C(Br)CNC(=O)CC1CCC1. The zero-order chi connectivity index (χ0) is 10.6. The van der Waals surface area contributed by atoms with Crippen LogP contribution in [0.15, 0.2) is 0 Å². The number of rotatable bonds is 5. The number of nitrogens with one attached hydrogen (secondary N) is 1. The van der Waals surface area contributed by atoms with Crippen molar-refractivity contribution >= 4 is 21.8 Å². The molecule has 1 rings (SSSR count). The van der Waals surface area contributed by atoms with Crippen LogP contribution in [0.25, 0.3) is 0 Å². The molecule has 1 aliphatic rings. The highest BCUT2D eigenvalue weighted by Crippen LogP contribution is 2.29. The predicted octanol–water partition coefficient (Wildman–Crippen LogP) is 2.71. The highest BCUT2D eigenvalue weighted by molar-refractivity contribution is 9.09. The van der Waals surface area contributed by atoms with Gasteiger partial charge in [-0.05, 0) is 24.7 Å². The van der Waals surface area contributed by atoms with Crippen LogP contribution in [0.1, 0.15) is 39.5 Å². The Hall–Kier alpha value is -0.0500. The van der Waals surface area contributed by atoms with Gasteiger partial charge in [-0.15, -0.1) is 0 Å². The molecule has 1 N–H and O–H groups in total. The Bertz CT molecular complexity index is 190. The number of alkyl halides is 1. The van der Waals surface area contributed by atoms with E-state index in [1.807, 2.05) is 0 Å². The maximum absolute atomic E-state index is 11.4. The van der Waals surface area contributed by atoms with Crippen LogP contribution in [0.5, 0.6) is 0 Å². The smallest absolute Gasteiger partial charge is 0.220 e. The molecule has 82 valence electrons. The van der Waals surface area contributed by atoms with E-state index in [9.17, 15) is 4.79 Å². The highest BCUT2D eigenvalue weighted by Gasteiger charge is 2.20. The van der Waals surface area contributed by atoms with E-state index >= 15 is 0 Å². The molecule has 1 fully saturated rings. The van der Waals surface area contributed by atoms with Crippen LogP contribution in [-0.4, -0.2) is 17.3 Å². The first-order valence-corrected chi connectivity index (χ1v) is 6.42. The molecule has 0 heterocycles. The van der Waals surface area contributed by atoms with Crippen LogP contribution in [0.3, 0.4) is 0 Å². The molecule has 0 aromatic rings. The Morgan fingerprint density at radius 2 is 2.14 bits per heavy atom. The quantitative estimate of drug-likeness (QED) is 0.758. The number of carbonyl (C=O) groups is 1. The Balaban J connectivity index is 2.07. The second-order valence-electron chi connectivity index (χ2n) is 4.57. The summed E-state index contributed by atoms with van der Waals surface area (Å²) in [6, 6.07) is 0. The lowest BCUT2D eigenvalue weighted by molar-refractivity contribution is -0.122. The molecule has 1 amide bonds. The Kier molecular flexibility index (Phi) is 4.93. The molecule has 0 aromatic carbocycles. The normalized spacial score (nSPS) is 19.1. The van der Waals surface area contributed by atoms with E-state index in [-0.39, 0.29) is 5.91 Å². The summed E-state index contributed by atoms with van der Waals surface area (Å²) < 4.78 is 0. The number of hydrogen-bond acceptors (Lipinski definition) is 1. The summed E-state index contributed by atoms with van der Waals surface area (Å²) in [5, 5.41) is 2.98. The van der Waals surface area contributed by atoms with E-state index in [0.29, 0.717) is 16.7 Å². The van der Waals surface area contributed by atoms with Gasteiger partial charge in [0.1, 0.15) is 0 Å². The fourth-order valence-corrected chi connectivity index (χ4v) is 1.64. The largest absolute Gasteiger partial charge is 0.355 e. The van der Waals surface area contributed by atoms with Crippen LogP contribution in [0.4, 0.5) is 0 Å². The second kappa shape index (κ2) is 5.74. The monoisotopic (exact) mass is 261 g/mol. The van der Waals surface area contributed by atoms with Gasteiger partial charge in [0.25, 0.3) is 0 Å². The molecular weight excluding hydrogens is 242 g/mol. The summed E-state index contributed by atoms with van der Waals surface area (Å²) in [6.45, 7) is 5.05. The summed E-state index contributed by atoms with van der Waals surface area (Å²) in [6.07, 6.45) is 4.54. The zero-order valence-electron chi connectivity index (χ0n) is 9.05. The minimum atomic E-state index is 0.222. The van der Waals surface area contributed by atoms with Gasteiger partial charge >= 0.3 is 0 Å². The van der Waals surface area contributed by atoms with Crippen LogP contribution < -0.4 is 5.32 Å². The summed E-state index contributed by atoms with van der Waals surface area (Å²) >= 11 is 3.55. The molecular formula is C11H20BrNO. The van der Waals surface area contributed by atoms with Crippen molar-refractivity contribution in [2.24, 2.45) is 11.8 Å². The molecule has 0 spiro atoms. The van der Waals surface area contributed by atoms with E-state index in [2.05, 4.69) is 35.1 Å². The lowest BCUT2D eigenvalue weighted by Crippen LogP contribution is -2.33. The number of carbonyl (C=O) groups excluding carboxylic acids is 1. The topological polar surface area (TPSA) is 29.1 Å². The minimum absolute atomic E-state index is 0.222. The van der Waals surface area contributed by atoms with E-state index < -0.39 is 0 Å². The molecule has 0 aliphatic heterocycles. The standard InChI is InChI=1S/C11H20BrNO/c1-8(2)10(12)7-13-11(14)6-9-4-3-5-9/h8-10H,3-7H2,1-2H3,(H,13,14). The van der Waals surface area contributed by atoms with Crippen molar-refractivity contribution in [3.8, 4) is 0 Å². The zero-order valence-corrected chi connectivity index (χ0v) is 10.6. The van der Waals surface area contributed by atoms with Gasteiger partial charge in [0, 0.05) is 17.8 Å². The summed E-state index contributed by atoms with van der Waals surface area (Å²) in [4.78, 5) is 11.8. The van der Waals surface area contributed by atoms with Gasteiger partial charge in [0.15, 0.2) is 0 Å². The molecule has 0 radical (unpaired) electrons. The van der Waals surface area contributed by atoms with E-state index in [1.165, 1.54) is 19.3 Å². The number of halogens is 1. The number of amides is 1. The van der Waals surface area contributed by atoms with Gasteiger partial charge in [-0.2, -0.15) is 0 Å². The third-order valence-corrected chi connectivity index (χ3v) is 4.30. The van der Waals surface area contributed by atoms with Crippen molar-refractivity contribution in [3.05, 3.63) is 0 Å². The van der Waals surface area contributed by atoms with Crippen molar-refractivity contribution < 1.29 is 4.79 Å². The lowest BCUT2D eigenvalue weighted by atomic mass is 9.83. The summed E-state index contributed by atoms with van der Waals surface area (Å²) in [5.41, 5.74) is 0. The van der Waals surface area contributed by atoms with Gasteiger partial charge in [-0.25, -0.2) is 0 Å². The van der Waals surface area contributed by atoms with Gasteiger partial charge in [-0.3, -0.25) is 4.79 Å². The van der Waals surface area contributed by atoms with E-state index in [4.69, 9.17) is 0 Å². The molecule has 3 heteroatoms. The molecule has 0 saturated heterocycles. The third kappa shape index (κ3) is 3.99. The minimum Gasteiger partial charge on any atom is -0.355 e. The fourth-order valence-electron chi connectivity index (χ4n) is 1.48. The molecule has 2 nitrogen and oxygen atoms in total. The molecule has 1 atom stereocenters. The average Bonchev–Trinajstić information content (AvgIpc) is 2.07. The first-order chi connectivity index (χ1) is 6.59. The van der Waals surface area contributed by atoms with Crippen molar-refractivity contribution in [1.82, 2.24) is 5.32 Å². The van der Waals surface area contributed by atoms with E-state index in [1.54, 1.807) is 0 Å². The molecule has 0 bridgehead atoms. The molecule has 1 aliphatic carbocycles. The van der Waals surface area contributed by atoms with Gasteiger partial charge < -0.3 is 5.32 Å². The van der Waals surface area contributed by atoms with Crippen molar-refractivity contribution in [3.63, 3.8) is 0 Å². The maximum Gasteiger partial charge on any atom is 0.220 e. The first-order valence-electron chi connectivity index (χ1n) is 5.50. The van der Waals surface area contributed by atoms with Gasteiger partial charge in [-0.1, -0.05) is 36.2 Å². The second-order valence-corrected chi connectivity index (χ2v) is 5.74. The Morgan fingerprint density at radius 1 is 1.50 bits per heavy atom. The lowest BCUT2D eigenvalue weighted by Gasteiger charge is -2.24. The molecule has 1 saturated carbocycles. The maximum atomic E-state index is 11.4.